The summed E-state index contributed by atoms with van der Waals surface area (Å²) < 4.78 is 2.03. The van der Waals surface area contributed by atoms with Gasteiger partial charge in [-0.05, 0) is 25.8 Å². The van der Waals surface area contributed by atoms with Gasteiger partial charge in [-0.2, -0.15) is 5.10 Å². The predicted octanol–water partition coefficient (Wildman–Crippen LogP) is 3.91. The van der Waals surface area contributed by atoms with Crippen LogP contribution in [0.1, 0.15) is 70.4 Å². The van der Waals surface area contributed by atoms with E-state index in [-0.39, 0.29) is 0 Å². The lowest BCUT2D eigenvalue weighted by molar-refractivity contribution is 0.359. The Morgan fingerprint density at radius 3 is 2.58 bits per heavy atom. The third-order valence-electron chi connectivity index (χ3n) is 4.37. The fourth-order valence-electron chi connectivity index (χ4n) is 3.25. The molecule has 1 aliphatic rings. The Balaban J connectivity index is 1.98. The second kappa shape index (κ2) is 7.68. The molecule has 1 heterocycles. The van der Waals surface area contributed by atoms with Gasteiger partial charge in [0.05, 0.1) is 6.20 Å². The summed E-state index contributed by atoms with van der Waals surface area (Å²) in [6, 6.07) is 0.494. The van der Waals surface area contributed by atoms with E-state index in [2.05, 4.69) is 30.5 Å². The number of nitrogens with zero attached hydrogens (tertiary/aromatic N) is 2. The highest BCUT2D eigenvalue weighted by Crippen LogP contribution is 2.30. The fourth-order valence-corrected chi connectivity index (χ4v) is 3.25. The van der Waals surface area contributed by atoms with Gasteiger partial charge in [-0.1, -0.05) is 45.4 Å². The maximum Gasteiger partial charge on any atom is 0.0537 e. The molecule has 0 amide bonds. The van der Waals surface area contributed by atoms with Crippen LogP contribution in [0.5, 0.6) is 0 Å². The third kappa shape index (κ3) is 4.34. The van der Waals surface area contributed by atoms with Gasteiger partial charge in [0, 0.05) is 24.3 Å². The van der Waals surface area contributed by atoms with Crippen molar-refractivity contribution in [3.8, 4) is 0 Å². The molecule has 108 valence electrons. The molecule has 1 unspecified atom stereocenters. The summed E-state index contributed by atoms with van der Waals surface area (Å²) in [7, 11) is 0. The largest absolute Gasteiger partial charge is 0.310 e. The molecule has 1 fully saturated rings. The van der Waals surface area contributed by atoms with Crippen molar-refractivity contribution in [2.45, 2.75) is 71.4 Å². The van der Waals surface area contributed by atoms with Gasteiger partial charge >= 0.3 is 0 Å². The van der Waals surface area contributed by atoms with Crippen molar-refractivity contribution in [1.82, 2.24) is 15.1 Å². The minimum atomic E-state index is 0.494. The van der Waals surface area contributed by atoms with E-state index in [1.807, 2.05) is 10.9 Å². The molecule has 0 aliphatic heterocycles. The summed E-state index contributed by atoms with van der Waals surface area (Å²) in [4.78, 5) is 0. The van der Waals surface area contributed by atoms with Crippen molar-refractivity contribution in [1.29, 1.82) is 0 Å². The number of aryl methyl sites for hydroxylation is 1. The molecule has 3 nitrogen and oxygen atoms in total. The zero-order valence-electron chi connectivity index (χ0n) is 12.6. The molecular weight excluding hydrogens is 234 g/mol. The summed E-state index contributed by atoms with van der Waals surface area (Å²) in [6.45, 7) is 6.34. The first-order valence-corrected chi connectivity index (χ1v) is 8.09. The molecule has 19 heavy (non-hydrogen) atoms. The molecule has 1 atom stereocenters. The smallest absolute Gasteiger partial charge is 0.0537 e. The highest BCUT2D eigenvalue weighted by Gasteiger charge is 2.19. The van der Waals surface area contributed by atoms with Crippen molar-refractivity contribution < 1.29 is 0 Å². The number of rotatable bonds is 6. The summed E-state index contributed by atoms with van der Waals surface area (Å²) in [5.74, 6) is 0.900. The topological polar surface area (TPSA) is 29.9 Å². The van der Waals surface area contributed by atoms with Crippen molar-refractivity contribution in [2.24, 2.45) is 5.92 Å². The SMILES string of the molecule is CCNC(CC1CCCCCC1)c1cnn(CC)c1. The molecule has 1 aromatic heterocycles. The van der Waals surface area contributed by atoms with Gasteiger partial charge in [0.1, 0.15) is 0 Å². The van der Waals surface area contributed by atoms with Crippen molar-refractivity contribution >= 4 is 0 Å². The van der Waals surface area contributed by atoms with E-state index in [1.54, 1.807) is 0 Å². The molecule has 3 heteroatoms. The minimum absolute atomic E-state index is 0.494. The Hall–Kier alpha value is -0.830. The number of aromatic nitrogens is 2. The van der Waals surface area contributed by atoms with Gasteiger partial charge in [-0.25, -0.2) is 0 Å². The summed E-state index contributed by atoms with van der Waals surface area (Å²) in [5.41, 5.74) is 1.37. The molecule has 0 spiro atoms. The molecule has 0 bridgehead atoms. The van der Waals surface area contributed by atoms with Gasteiger partial charge < -0.3 is 5.32 Å². The van der Waals surface area contributed by atoms with Crippen LogP contribution in [-0.4, -0.2) is 16.3 Å². The lowest BCUT2D eigenvalue weighted by Crippen LogP contribution is -2.23. The Labute approximate surface area is 117 Å². The van der Waals surface area contributed by atoms with Crippen LogP contribution >= 0.6 is 0 Å². The van der Waals surface area contributed by atoms with Crippen LogP contribution in [-0.2, 0) is 6.54 Å². The standard InChI is InChI=1S/C16H29N3/c1-3-17-16(15-12-18-19(4-2)13-15)11-14-9-7-5-6-8-10-14/h12-14,16-17H,3-11H2,1-2H3. The van der Waals surface area contributed by atoms with Gasteiger partial charge in [0.15, 0.2) is 0 Å². The second-order valence-corrected chi connectivity index (χ2v) is 5.83. The van der Waals surface area contributed by atoms with E-state index in [1.165, 1.54) is 50.5 Å². The van der Waals surface area contributed by atoms with Crippen LogP contribution in [0.2, 0.25) is 0 Å². The molecule has 2 rings (SSSR count). The molecular formula is C16H29N3. The highest BCUT2D eigenvalue weighted by molar-refractivity contribution is 5.10. The van der Waals surface area contributed by atoms with Crippen LogP contribution in [0, 0.1) is 5.92 Å². The van der Waals surface area contributed by atoms with E-state index in [0.29, 0.717) is 6.04 Å². The molecule has 1 aromatic rings. The van der Waals surface area contributed by atoms with Crippen molar-refractivity contribution in [3.05, 3.63) is 18.0 Å². The quantitative estimate of drug-likeness (QED) is 0.789. The van der Waals surface area contributed by atoms with Crippen molar-refractivity contribution in [3.63, 3.8) is 0 Å². The van der Waals surface area contributed by atoms with Crippen LogP contribution in [0.25, 0.3) is 0 Å². The third-order valence-corrected chi connectivity index (χ3v) is 4.37. The van der Waals surface area contributed by atoms with E-state index in [4.69, 9.17) is 0 Å². The zero-order chi connectivity index (χ0) is 13.5. The van der Waals surface area contributed by atoms with Crippen molar-refractivity contribution in [2.75, 3.05) is 6.54 Å². The first-order valence-electron chi connectivity index (χ1n) is 8.09. The average molecular weight is 263 g/mol. The summed E-state index contributed by atoms with van der Waals surface area (Å²) >= 11 is 0. The fraction of sp³-hybridized carbons (Fsp3) is 0.812. The normalized spacial score (nSPS) is 19.3. The molecule has 0 radical (unpaired) electrons. The maximum atomic E-state index is 4.43. The van der Waals surface area contributed by atoms with E-state index in [9.17, 15) is 0 Å². The first-order chi connectivity index (χ1) is 9.33. The van der Waals surface area contributed by atoms with Gasteiger partial charge in [0.25, 0.3) is 0 Å². The highest BCUT2D eigenvalue weighted by atomic mass is 15.3. The van der Waals surface area contributed by atoms with Crippen LogP contribution < -0.4 is 5.32 Å². The minimum Gasteiger partial charge on any atom is -0.310 e. The number of hydrogen-bond acceptors (Lipinski definition) is 2. The number of hydrogen-bond donors (Lipinski definition) is 1. The van der Waals surface area contributed by atoms with Gasteiger partial charge in [-0.15, -0.1) is 0 Å². The number of nitrogens with one attached hydrogen (secondary N) is 1. The van der Waals surface area contributed by atoms with Gasteiger partial charge in [0.2, 0.25) is 0 Å². The Bertz CT molecular complexity index is 351. The monoisotopic (exact) mass is 263 g/mol. The Morgan fingerprint density at radius 2 is 2.00 bits per heavy atom. The Kier molecular flexibility index (Phi) is 5.90. The Morgan fingerprint density at radius 1 is 1.26 bits per heavy atom. The van der Waals surface area contributed by atoms with Crippen LogP contribution in [0.4, 0.5) is 0 Å². The maximum absolute atomic E-state index is 4.43. The average Bonchev–Trinajstić information content (AvgIpc) is 2.76. The predicted molar refractivity (Wildman–Crippen MR) is 80.1 cm³/mol. The van der Waals surface area contributed by atoms with E-state index < -0.39 is 0 Å². The van der Waals surface area contributed by atoms with E-state index >= 15 is 0 Å². The lowest BCUT2D eigenvalue weighted by Gasteiger charge is -2.22. The summed E-state index contributed by atoms with van der Waals surface area (Å²) in [6.07, 6.45) is 14.1. The zero-order valence-corrected chi connectivity index (χ0v) is 12.6. The first kappa shape index (κ1) is 14.6. The van der Waals surface area contributed by atoms with Crippen LogP contribution in [0.3, 0.4) is 0 Å². The lowest BCUT2D eigenvalue weighted by atomic mass is 9.90. The molecule has 1 aliphatic carbocycles. The van der Waals surface area contributed by atoms with E-state index in [0.717, 1.165) is 19.0 Å². The summed E-state index contributed by atoms with van der Waals surface area (Å²) in [5, 5.41) is 8.08. The molecule has 0 saturated heterocycles. The molecule has 1 N–H and O–H groups in total. The molecule has 1 saturated carbocycles. The molecule has 0 aromatic carbocycles. The van der Waals surface area contributed by atoms with Crippen LogP contribution in [0.15, 0.2) is 12.4 Å². The van der Waals surface area contributed by atoms with Gasteiger partial charge in [-0.3, -0.25) is 4.68 Å². The second-order valence-electron chi connectivity index (χ2n) is 5.83.